The predicted octanol–water partition coefficient (Wildman–Crippen LogP) is 4.20. The molecular weight excluding hydrogens is 466 g/mol. The van der Waals surface area contributed by atoms with Crippen molar-refractivity contribution in [3.05, 3.63) is 71.5 Å². The van der Waals surface area contributed by atoms with Crippen molar-refractivity contribution in [1.82, 2.24) is 24.7 Å². The summed E-state index contributed by atoms with van der Waals surface area (Å²) in [6, 6.07) is 9.46. The molecule has 0 unspecified atom stereocenters. The maximum Gasteiger partial charge on any atom is 0.387 e. The van der Waals surface area contributed by atoms with Crippen LogP contribution in [0.1, 0.15) is 16.2 Å². The molecule has 3 aromatic heterocycles. The van der Waals surface area contributed by atoms with Gasteiger partial charge in [0.1, 0.15) is 18.1 Å². The molecule has 9 nitrogen and oxygen atoms in total. The second-order valence-electron chi connectivity index (χ2n) is 6.08. The Balaban J connectivity index is 1.45. The van der Waals surface area contributed by atoms with Crippen LogP contribution in [0.25, 0.3) is 5.69 Å². The first-order valence-electron chi connectivity index (χ1n) is 8.94. The van der Waals surface area contributed by atoms with Crippen LogP contribution in [-0.4, -0.2) is 37.3 Å². The van der Waals surface area contributed by atoms with Crippen molar-refractivity contribution in [2.24, 2.45) is 0 Å². The number of para-hydroxylation sites is 2. The van der Waals surface area contributed by atoms with Gasteiger partial charge in [0.05, 0.1) is 28.9 Å². The number of rotatable bonds is 8. The molecule has 1 amide bonds. The van der Waals surface area contributed by atoms with Crippen LogP contribution in [0, 0.1) is 0 Å². The Morgan fingerprint density at radius 2 is 2.03 bits per heavy atom. The number of carbonyl (C=O) groups excluding carboxylic acids is 1. The fourth-order valence-electron chi connectivity index (χ4n) is 2.61. The first kappa shape index (κ1) is 21.6. The summed E-state index contributed by atoms with van der Waals surface area (Å²) in [6.45, 7) is -2.87. The zero-order valence-electron chi connectivity index (χ0n) is 16.0. The van der Waals surface area contributed by atoms with E-state index in [2.05, 4.69) is 30.2 Å². The van der Waals surface area contributed by atoms with Gasteiger partial charge in [-0.1, -0.05) is 28.8 Å². The van der Waals surface area contributed by atoms with Gasteiger partial charge in [0, 0.05) is 6.20 Å². The van der Waals surface area contributed by atoms with Gasteiger partial charge in [-0.15, -0.1) is 5.10 Å². The minimum absolute atomic E-state index is 0.0818. The SMILES string of the molecule is O=C(Nc1nnc(OCc2ccc(Cl)cn2)s1)c1cncn1-c1ccccc1OC(F)F. The van der Waals surface area contributed by atoms with E-state index in [0.717, 1.165) is 11.3 Å². The van der Waals surface area contributed by atoms with E-state index in [4.69, 9.17) is 16.3 Å². The first-order valence-corrected chi connectivity index (χ1v) is 10.1. The summed E-state index contributed by atoms with van der Waals surface area (Å²) in [6.07, 6.45) is 4.11. The van der Waals surface area contributed by atoms with E-state index in [-0.39, 0.29) is 34.1 Å². The minimum atomic E-state index is -3.01. The van der Waals surface area contributed by atoms with E-state index in [1.807, 2.05) is 0 Å². The Bertz CT molecular complexity index is 1220. The summed E-state index contributed by atoms with van der Waals surface area (Å²) in [7, 11) is 0. The van der Waals surface area contributed by atoms with Gasteiger partial charge in [0.25, 0.3) is 11.1 Å². The lowest BCUT2D eigenvalue weighted by Gasteiger charge is -2.13. The zero-order chi connectivity index (χ0) is 22.5. The number of nitrogens with zero attached hydrogens (tertiary/aromatic N) is 5. The second-order valence-corrected chi connectivity index (χ2v) is 7.46. The average Bonchev–Trinajstić information content (AvgIpc) is 3.43. The lowest BCUT2D eigenvalue weighted by Crippen LogP contribution is -2.16. The molecular formula is C19H13ClF2N6O3S. The van der Waals surface area contributed by atoms with Crippen molar-refractivity contribution >= 4 is 34.0 Å². The molecule has 13 heteroatoms. The maximum atomic E-state index is 12.7. The molecule has 4 rings (SSSR count). The summed E-state index contributed by atoms with van der Waals surface area (Å²) < 4.78 is 36.8. The van der Waals surface area contributed by atoms with Crippen molar-refractivity contribution in [1.29, 1.82) is 0 Å². The number of halogens is 3. The Labute approximate surface area is 188 Å². The highest BCUT2D eigenvalue weighted by atomic mass is 35.5. The molecule has 1 N–H and O–H groups in total. The summed E-state index contributed by atoms with van der Waals surface area (Å²) in [5.41, 5.74) is 0.953. The second kappa shape index (κ2) is 9.66. The Hall–Kier alpha value is -3.64. The van der Waals surface area contributed by atoms with Crippen LogP contribution in [0.15, 0.2) is 55.1 Å². The van der Waals surface area contributed by atoms with Gasteiger partial charge < -0.3 is 9.47 Å². The molecule has 0 aliphatic rings. The highest BCUT2D eigenvalue weighted by Crippen LogP contribution is 2.27. The van der Waals surface area contributed by atoms with E-state index in [1.54, 1.807) is 24.3 Å². The van der Waals surface area contributed by atoms with Gasteiger partial charge in [-0.2, -0.15) is 8.78 Å². The van der Waals surface area contributed by atoms with E-state index < -0.39 is 12.5 Å². The van der Waals surface area contributed by atoms with Crippen LogP contribution < -0.4 is 14.8 Å². The molecule has 0 atom stereocenters. The highest BCUT2D eigenvalue weighted by Gasteiger charge is 2.19. The van der Waals surface area contributed by atoms with Gasteiger partial charge in [0.15, 0.2) is 0 Å². The van der Waals surface area contributed by atoms with Crippen LogP contribution in [0.2, 0.25) is 5.02 Å². The maximum absolute atomic E-state index is 12.7. The van der Waals surface area contributed by atoms with E-state index >= 15 is 0 Å². The molecule has 4 aromatic rings. The molecule has 0 fully saturated rings. The van der Waals surface area contributed by atoms with Gasteiger partial charge >= 0.3 is 6.61 Å². The standard InChI is InChI=1S/C19H13ClF2N6O3S/c20-11-5-6-12(24-7-11)9-30-19-27-26-18(32-19)25-16(29)14-8-23-10-28(14)13-3-1-2-4-15(13)31-17(21)22/h1-8,10,17H,9H2,(H,25,26,29). The number of hydrogen-bond donors (Lipinski definition) is 1. The molecule has 0 aliphatic heterocycles. The third-order valence-corrected chi connectivity index (χ3v) is 4.95. The molecule has 0 saturated carbocycles. The van der Waals surface area contributed by atoms with Crippen molar-refractivity contribution in [3.8, 4) is 16.6 Å². The number of ether oxygens (including phenoxy) is 2. The van der Waals surface area contributed by atoms with Crippen molar-refractivity contribution in [2.45, 2.75) is 13.2 Å². The van der Waals surface area contributed by atoms with Crippen molar-refractivity contribution in [3.63, 3.8) is 0 Å². The predicted molar refractivity (Wildman–Crippen MR) is 112 cm³/mol. The van der Waals surface area contributed by atoms with Crippen LogP contribution in [-0.2, 0) is 6.61 Å². The number of alkyl halides is 2. The van der Waals surface area contributed by atoms with Crippen LogP contribution in [0.4, 0.5) is 13.9 Å². The first-order chi connectivity index (χ1) is 15.5. The fraction of sp³-hybridized carbons (Fsp3) is 0.105. The summed E-state index contributed by atoms with van der Waals surface area (Å²) in [5.74, 6) is -0.673. The largest absolute Gasteiger partial charge is 0.462 e. The summed E-state index contributed by atoms with van der Waals surface area (Å²) in [5, 5.41) is 11.2. The lowest BCUT2D eigenvalue weighted by molar-refractivity contribution is -0.0498. The van der Waals surface area contributed by atoms with Crippen LogP contribution in [0.3, 0.4) is 0 Å². The molecule has 0 radical (unpaired) electrons. The van der Waals surface area contributed by atoms with Gasteiger partial charge in [0.2, 0.25) is 5.13 Å². The molecule has 164 valence electrons. The zero-order valence-corrected chi connectivity index (χ0v) is 17.6. The quantitative estimate of drug-likeness (QED) is 0.404. The molecule has 0 saturated heterocycles. The molecule has 0 bridgehead atoms. The van der Waals surface area contributed by atoms with Crippen LogP contribution in [0.5, 0.6) is 10.9 Å². The number of aromatic nitrogens is 5. The number of imidazole rings is 1. The number of benzene rings is 1. The molecule has 3 heterocycles. The molecule has 1 aromatic carbocycles. The number of hydrogen-bond acceptors (Lipinski definition) is 8. The Kier molecular flexibility index (Phi) is 6.52. The van der Waals surface area contributed by atoms with E-state index in [1.165, 1.54) is 35.4 Å². The third kappa shape index (κ3) is 5.15. The van der Waals surface area contributed by atoms with Gasteiger partial charge in [-0.3, -0.25) is 19.7 Å². The monoisotopic (exact) mass is 478 g/mol. The van der Waals surface area contributed by atoms with Crippen molar-refractivity contribution in [2.75, 3.05) is 5.32 Å². The van der Waals surface area contributed by atoms with Crippen LogP contribution >= 0.6 is 22.9 Å². The number of nitrogens with one attached hydrogen (secondary N) is 1. The lowest BCUT2D eigenvalue weighted by atomic mass is 10.2. The molecule has 0 spiro atoms. The topological polar surface area (TPSA) is 104 Å². The van der Waals surface area contributed by atoms with E-state index in [0.29, 0.717) is 10.7 Å². The number of amides is 1. The minimum Gasteiger partial charge on any atom is -0.462 e. The van der Waals surface area contributed by atoms with Crippen molar-refractivity contribution < 1.29 is 23.0 Å². The fourth-order valence-corrected chi connectivity index (χ4v) is 3.32. The van der Waals surface area contributed by atoms with Gasteiger partial charge in [-0.25, -0.2) is 4.98 Å². The Morgan fingerprint density at radius 1 is 1.19 bits per heavy atom. The molecule has 32 heavy (non-hydrogen) atoms. The molecule has 0 aliphatic carbocycles. The number of anilines is 1. The average molecular weight is 479 g/mol. The normalized spacial score (nSPS) is 10.9. The summed E-state index contributed by atoms with van der Waals surface area (Å²) in [4.78, 5) is 20.8. The highest BCUT2D eigenvalue weighted by molar-refractivity contribution is 7.17. The Morgan fingerprint density at radius 3 is 2.81 bits per heavy atom. The van der Waals surface area contributed by atoms with E-state index in [9.17, 15) is 13.6 Å². The number of pyridine rings is 1. The third-order valence-electron chi connectivity index (χ3n) is 3.97. The number of carbonyl (C=O) groups is 1. The summed E-state index contributed by atoms with van der Waals surface area (Å²) >= 11 is 6.80. The smallest absolute Gasteiger partial charge is 0.387 e. The van der Waals surface area contributed by atoms with Gasteiger partial charge in [-0.05, 0) is 35.6 Å².